The molecule has 0 aromatic heterocycles. The fourth-order valence-corrected chi connectivity index (χ4v) is 2.85. The van der Waals surface area contributed by atoms with Crippen molar-refractivity contribution in [2.45, 2.75) is 45.4 Å². The van der Waals surface area contributed by atoms with Crippen LogP contribution in [0.25, 0.3) is 0 Å². The predicted octanol–water partition coefficient (Wildman–Crippen LogP) is 4.60. The van der Waals surface area contributed by atoms with E-state index >= 15 is 0 Å². The first kappa shape index (κ1) is 17.7. The Morgan fingerprint density at radius 1 is 1.39 bits per heavy atom. The van der Waals surface area contributed by atoms with E-state index in [2.05, 4.69) is 39.5 Å². The summed E-state index contributed by atoms with van der Waals surface area (Å²) in [6, 6.07) is 7.41. The van der Waals surface area contributed by atoms with Crippen LogP contribution >= 0.6 is 15.9 Å². The van der Waals surface area contributed by atoms with E-state index in [1.54, 1.807) is 0 Å². The molecule has 0 spiro atoms. The van der Waals surface area contributed by atoms with Crippen molar-refractivity contribution < 1.29 is 9.53 Å². The van der Waals surface area contributed by atoms with E-state index in [9.17, 15) is 4.79 Å². The van der Waals surface area contributed by atoms with Crippen molar-refractivity contribution in [3.05, 3.63) is 40.4 Å². The quantitative estimate of drug-likeness (QED) is 0.530. The van der Waals surface area contributed by atoms with Crippen LogP contribution in [0.3, 0.4) is 0 Å². The molecule has 1 aliphatic carbocycles. The van der Waals surface area contributed by atoms with Crippen LogP contribution in [0.5, 0.6) is 5.75 Å². The van der Waals surface area contributed by atoms with Gasteiger partial charge in [-0.15, -0.1) is 0 Å². The molecule has 0 radical (unpaired) electrons. The average molecular weight is 379 g/mol. The third kappa shape index (κ3) is 6.18. The lowest BCUT2D eigenvalue weighted by Crippen LogP contribution is -2.25. The zero-order valence-electron chi connectivity index (χ0n) is 13.5. The zero-order valence-corrected chi connectivity index (χ0v) is 15.1. The first-order chi connectivity index (χ1) is 11.2. The average Bonchev–Trinajstić information content (AvgIpc) is 2.99. The zero-order chi connectivity index (χ0) is 16.5. The fraction of sp³-hybridized carbons (Fsp3) is 0.444. The Balaban J connectivity index is 1.77. The van der Waals surface area contributed by atoms with Crippen molar-refractivity contribution >= 4 is 27.5 Å². The second kappa shape index (κ2) is 9.50. The summed E-state index contributed by atoms with van der Waals surface area (Å²) >= 11 is 3.37. The maximum absolute atomic E-state index is 11.9. The second-order valence-electron chi connectivity index (χ2n) is 5.56. The first-order valence-electron chi connectivity index (χ1n) is 8.12. The van der Waals surface area contributed by atoms with Crippen molar-refractivity contribution in [1.82, 2.24) is 5.43 Å². The number of benzene rings is 1. The summed E-state index contributed by atoms with van der Waals surface area (Å²) in [7, 11) is 0. The van der Waals surface area contributed by atoms with Crippen molar-refractivity contribution in [1.29, 1.82) is 0 Å². The Morgan fingerprint density at radius 3 is 3.04 bits per heavy atom. The molecule has 1 aromatic carbocycles. The lowest BCUT2D eigenvalue weighted by Gasteiger charge is -2.07. The van der Waals surface area contributed by atoms with Gasteiger partial charge in [-0.2, -0.15) is 5.10 Å². The number of carbonyl (C=O) groups is 1. The minimum atomic E-state index is -0.239. The van der Waals surface area contributed by atoms with Gasteiger partial charge in [0.2, 0.25) is 0 Å². The molecule has 23 heavy (non-hydrogen) atoms. The van der Waals surface area contributed by atoms with Gasteiger partial charge < -0.3 is 4.74 Å². The number of halogens is 1. The van der Waals surface area contributed by atoms with Crippen LogP contribution in [0.15, 0.2) is 45.5 Å². The molecule has 1 aromatic rings. The van der Waals surface area contributed by atoms with Crippen molar-refractivity contribution in [2.75, 3.05) is 6.61 Å². The number of hydrazone groups is 1. The predicted molar refractivity (Wildman–Crippen MR) is 96.7 cm³/mol. The molecule has 0 saturated carbocycles. The molecule has 0 heterocycles. The van der Waals surface area contributed by atoms with Gasteiger partial charge in [-0.1, -0.05) is 47.8 Å². The number of unbranched alkanes of at least 4 members (excludes halogenated alkanes) is 2. The standard InChI is InChI=1S/C18H23BrN2O2/c1-2-3-4-7-14-8-5-11-17(14)20-21-18(22)13-23-16-10-6-9-15(19)12-16/h6,8-10,12H,2-5,7,11,13H2,1H3,(H,21,22). The van der Waals surface area contributed by atoms with Crippen LogP contribution in [0, 0.1) is 0 Å². The van der Waals surface area contributed by atoms with Gasteiger partial charge in [0.1, 0.15) is 5.75 Å². The van der Waals surface area contributed by atoms with E-state index in [0.717, 1.165) is 29.4 Å². The third-order valence-corrected chi connectivity index (χ3v) is 4.17. The molecule has 1 amide bonds. The summed E-state index contributed by atoms with van der Waals surface area (Å²) in [5.74, 6) is 0.417. The van der Waals surface area contributed by atoms with E-state index < -0.39 is 0 Å². The molecule has 1 aliphatic rings. The number of hydrogen-bond donors (Lipinski definition) is 1. The number of rotatable bonds is 8. The van der Waals surface area contributed by atoms with Crippen molar-refractivity contribution in [3.63, 3.8) is 0 Å². The maximum atomic E-state index is 11.9. The summed E-state index contributed by atoms with van der Waals surface area (Å²) in [5, 5.41) is 4.27. The van der Waals surface area contributed by atoms with Crippen LogP contribution in [-0.2, 0) is 4.79 Å². The van der Waals surface area contributed by atoms with Crippen molar-refractivity contribution in [3.8, 4) is 5.75 Å². The monoisotopic (exact) mass is 378 g/mol. The molecule has 0 bridgehead atoms. The number of nitrogens with zero attached hydrogens (tertiary/aromatic N) is 1. The minimum absolute atomic E-state index is 0.0396. The van der Waals surface area contributed by atoms with Gasteiger partial charge in [0.25, 0.3) is 5.91 Å². The Hall–Kier alpha value is -1.62. The van der Waals surface area contributed by atoms with Gasteiger partial charge in [0.05, 0.1) is 5.71 Å². The smallest absolute Gasteiger partial charge is 0.277 e. The summed E-state index contributed by atoms with van der Waals surface area (Å²) in [5.41, 5.74) is 4.90. The van der Waals surface area contributed by atoms with Crippen LogP contribution in [0.2, 0.25) is 0 Å². The highest BCUT2D eigenvalue weighted by atomic mass is 79.9. The Morgan fingerprint density at radius 2 is 2.26 bits per heavy atom. The lowest BCUT2D eigenvalue weighted by molar-refractivity contribution is -0.123. The Bertz CT molecular complexity index is 596. The summed E-state index contributed by atoms with van der Waals surface area (Å²) in [4.78, 5) is 11.9. The fourth-order valence-electron chi connectivity index (χ4n) is 2.47. The van der Waals surface area contributed by atoms with E-state index in [0.29, 0.717) is 5.75 Å². The highest BCUT2D eigenvalue weighted by Crippen LogP contribution is 2.21. The molecular formula is C18H23BrN2O2. The number of ether oxygens (including phenoxy) is 1. The SMILES string of the molecule is CCCCCC1=CCCC1=NNC(=O)COc1cccc(Br)c1. The molecule has 0 aliphatic heterocycles. The molecule has 124 valence electrons. The van der Waals surface area contributed by atoms with Crippen LogP contribution in [0.4, 0.5) is 0 Å². The van der Waals surface area contributed by atoms with Crippen LogP contribution in [0.1, 0.15) is 45.4 Å². The van der Waals surface area contributed by atoms with Crippen LogP contribution in [-0.4, -0.2) is 18.2 Å². The van der Waals surface area contributed by atoms with Gasteiger partial charge in [0, 0.05) is 4.47 Å². The van der Waals surface area contributed by atoms with E-state index in [4.69, 9.17) is 4.74 Å². The van der Waals surface area contributed by atoms with E-state index in [1.165, 1.54) is 24.8 Å². The molecule has 0 saturated heterocycles. The number of carbonyl (C=O) groups excluding carboxylic acids is 1. The van der Waals surface area contributed by atoms with Crippen molar-refractivity contribution in [2.24, 2.45) is 5.10 Å². The highest BCUT2D eigenvalue weighted by molar-refractivity contribution is 9.10. The van der Waals surface area contributed by atoms with Gasteiger partial charge in [-0.25, -0.2) is 5.43 Å². The van der Waals surface area contributed by atoms with Gasteiger partial charge in [-0.05, 0) is 49.5 Å². The number of hydrogen-bond acceptors (Lipinski definition) is 3. The Kier molecular flexibility index (Phi) is 7.33. The number of nitrogens with one attached hydrogen (secondary N) is 1. The largest absolute Gasteiger partial charge is 0.484 e. The molecule has 4 nitrogen and oxygen atoms in total. The summed E-state index contributed by atoms with van der Waals surface area (Å²) < 4.78 is 6.36. The minimum Gasteiger partial charge on any atom is -0.484 e. The Labute approximate surface area is 146 Å². The van der Waals surface area contributed by atoms with E-state index in [1.807, 2.05) is 24.3 Å². The first-order valence-corrected chi connectivity index (χ1v) is 8.91. The maximum Gasteiger partial charge on any atom is 0.277 e. The lowest BCUT2D eigenvalue weighted by atomic mass is 10.1. The topological polar surface area (TPSA) is 50.7 Å². The third-order valence-electron chi connectivity index (χ3n) is 3.67. The van der Waals surface area contributed by atoms with Gasteiger partial charge >= 0.3 is 0 Å². The van der Waals surface area contributed by atoms with Gasteiger partial charge in [0.15, 0.2) is 6.61 Å². The molecular weight excluding hydrogens is 356 g/mol. The molecule has 1 N–H and O–H groups in total. The molecule has 2 rings (SSSR count). The van der Waals surface area contributed by atoms with Crippen LogP contribution < -0.4 is 10.2 Å². The summed E-state index contributed by atoms with van der Waals surface area (Å²) in [6.45, 7) is 2.16. The highest BCUT2D eigenvalue weighted by Gasteiger charge is 2.13. The van der Waals surface area contributed by atoms with Gasteiger partial charge in [-0.3, -0.25) is 4.79 Å². The molecule has 0 unspecified atom stereocenters. The molecule has 0 atom stereocenters. The number of amides is 1. The normalized spacial score (nSPS) is 15.6. The number of allylic oxidation sites excluding steroid dienone is 2. The molecule has 0 fully saturated rings. The molecule has 5 heteroatoms. The second-order valence-corrected chi connectivity index (χ2v) is 6.48. The summed E-state index contributed by atoms with van der Waals surface area (Å²) in [6.07, 6.45) is 8.84. The van der Waals surface area contributed by atoms with E-state index in [-0.39, 0.29) is 12.5 Å².